The maximum Gasteiger partial charge on any atom is 0.337 e. The summed E-state index contributed by atoms with van der Waals surface area (Å²) in [6.45, 7) is 1.87. The molecule has 1 aromatic rings. The molecule has 0 heterocycles. The largest absolute Gasteiger partial charge is 0.465 e. The van der Waals surface area contributed by atoms with Crippen molar-refractivity contribution in [2.24, 2.45) is 5.73 Å². The van der Waals surface area contributed by atoms with Crippen molar-refractivity contribution < 1.29 is 17.9 Å². The number of sulfonamides is 1. The third kappa shape index (κ3) is 3.52. The minimum atomic E-state index is -3.60. The van der Waals surface area contributed by atoms with Gasteiger partial charge in [-0.05, 0) is 31.2 Å². The van der Waals surface area contributed by atoms with Crippen LogP contribution in [0.4, 0.5) is 0 Å². The Labute approximate surface area is 106 Å². The molecule has 0 aliphatic carbocycles. The van der Waals surface area contributed by atoms with Gasteiger partial charge in [-0.15, -0.1) is 0 Å². The van der Waals surface area contributed by atoms with Crippen LogP contribution in [0.25, 0.3) is 0 Å². The summed E-state index contributed by atoms with van der Waals surface area (Å²) < 4.78 is 30.7. The zero-order chi connectivity index (χ0) is 13.8. The molecule has 7 heteroatoms. The van der Waals surface area contributed by atoms with E-state index in [9.17, 15) is 13.2 Å². The Morgan fingerprint density at radius 2 is 1.94 bits per heavy atom. The van der Waals surface area contributed by atoms with E-state index in [0.717, 1.165) is 0 Å². The monoisotopic (exact) mass is 272 g/mol. The molecule has 0 aromatic heterocycles. The molecular weight excluding hydrogens is 256 g/mol. The van der Waals surface area contributed by atoms with Gasteiger partial charge in [0.05, 0.1) is 17.6 Å². The molecule has 0 fully saturated rings. The molecule has 0 bridgehead atoms. The SMILES string of the molecule is COC(=O)c1ccc(S(=O)(=O)N[C@@H](C)CN)cc1. The number of ether oxygens (including phenoxy) is 1. The fraction of sp³-hybridized carbons (Fsp3) is 0.364. The van der Waals surface area contributed by atoms with Crippen LogP contribution in [-0.4, -0.2) is 34.1 Å². The summed E-state index contributed by atoms with van der Waals surface area (Å²) in [6.07, 6.45) is 0. The first kappa shape index (κ1) is 14.6. The minimum Gasteiger partial charge on any atom is -0.465 e. The first-order valence-electron chi connectivity index (χ1n) is 5.31. The first-order chi connectivity index (χ1) is 8.40. The number of hydrogen-bond acceptors (Lipinski definition) is 5. The topological polar surface area (TPSA) is 98.5 Å². The third-order valence-electron chi connectivity index (χ3n) is 2.30. The summed E-state index contributed by atoms with van der Waals surface area (Å²) in [5.41, 5.74) is 5.65. The fourth-order valence-electron chi connectivity index (χ4n) is 1.27. The fourth-order valence-corrected chi connectivity index (χ4v) is 2.53. The first-order valence-corrected chi connectivity index (χ1v) is 6.80. The summed E-state index contributed by atoms with van der Waals surface area (Å²) in [5.74, 6) is -0.512. The van der Waals surface area contributed by atoms with Crippen LogP contribution < -0.4 is 10.5 Å². The lowest BCUT2D eigenvalue weighted by Gasteiger charge is -2.12. The number of esters is 1. The number of benzene rings is 1. The molecule has 0 aliphatic heterocycles. The Hall–Kier alpha value is -1.44. The van der Waals surface area contributed by atoms with Crippen LogP contribution in [0.2, 0.25) is 0 Å². The number of carbonyl (C=O) groups excluding carboxylic acids is 1. The van der Waals surface area contributed by atoms with E-state index in [1.165, 1.54) is 31.4 Å². The van der Waals surface area contributed by atoms with E-state index in [-0.39, 0.29) is 17.5 Å². The Balaban J connectivity index is 2.94. The molecule has 6 nitrogen and oxygen atoms in total. The lowest BCUT2D eigenvalue weighted by molar-refractivity contribution is 0.0600. The predicted molar refractivity (Wildman–Crippen MR) is 66.6 cm³/mol. The number of rotatable bonds is 5. The molecule has 1 aromatic carbocycles. The van der Waals surface area contributed by atoms with Gasteiger partial charge in [-0.2, -0.15) is 0 Å². The molecule has 1 rings (SSSR count). The summed E-state index contributed by atoms with van der Waals surface area (Å²) >= 11 is 0. The molecule has 1 atom stereocenters. The van der Waals surface area contributed by atoms with E-state index < -0.39 is 16.0 Å². The quantitative estimate of drug-likeness (QED) is 0.741. The highest BCUT2D eigenvalue weighted by atomic mass is 32.2. The molecule has 18 heavy (non-hydrogen) atoms. The molecule has 0 saturated heterocycles. The van der Waals surface area contributed by atoms with Crippen molar-refractivity contribution in [2.45, 2.75) is 17.9 Å². The van der Waals surface area contributed by atoms with E-state index in [1.807, 2.05) is 0 Å². The molecule has 0 amide bonds. The van der Waals surface area contributed by atoms with Crippen LogP contribution in [-0.2, 0) is 14.8 Å². The minimum absolute atomic E-state index is 0.0791. The second-order valence-corrected chi connectivity index (χ2v) is 5.49. The highest BCUT2D eigenvalue weighted by molar-refractivity contribution is 7.89. The van der Waals surface area contributed by atoms with E-state index >= 15 is 0 Å². The highest BCUT2D eigenvalue weighted by Crippen LogP contribution is 2.11. The van der Waals surface area contributed by atoms with Crippen LogP contribution in [0.5, 0.6) is 0 Å². The standard InChI is InChI=1S/C11H16N2O4S/c1-8(7-12)13-18(15,16)10-5-3-9(4-6-10)11(14)17-2/h3-6,8,13H,7,12H2,1-2H3/t8-/m0/s1. The van der Waals surface area contributed by atoms with Gasteiger partial charge in [0, 0.05) is 12.6 Å². The van der Waals surface area contributed by atoms with Crippen molar-refractivity contribution in [2.75, 3.05) is 13.7 Å². The molecule has 100 valence electrons. The van der Waals surface area contributed by atoms with Gasteiger partial charge >= 0.3 is 5.97 Å². The Morgan fingerprint density at radius 1 is 1.39 bits per heavy atom. The maximum atomic E-state index is 11.9. The van der Waals surface area contributed by atoms with Crippen LogP contribution in [0.1, 0.15) is 17.3 Å². The van der Waals surface area contributed by atoms with Crippen molar-refractivity contribution in [1.29, 1.82) is 0 Å². The van der Waals surface area contributed by atoms with Crippen LogP contribution >= 0.6 is 0 Å². The zero-order valence-corrected chi connectivity index (χ0v) is 11.0. The average Bonchev–Trinajstić information content (AvgIpc) is 2.37. The van der Waals surface area contributed by atoms with Gasteiger partial charge in [-0.3, -0.25) is 0 Å². The van der Waals surface area contributed by atoms with E-state index in [4.69, 9.17) is 5.73 Å². The lowest BCUT2D eigenvalue weighted by atomic mass is 10.2. The third-order valence-corrected chi connectivity index (χ3v) is 3.90. The van der Waals surface area contributed by atoms with E-state index in [0.29, 0.717) is 5.56 Å². The van der Waals surface area contributed by atoms with Gasteiger partial charge in [-0.25, -0.2) is 17.9 Å². The number of carbonyl (C=O) groups is 1. The zero-order valence-electron chi connectivity index (χ0n) is 10.2. The highest BCUT2D eigenvalue weighted by Gasteiger charge is 2.17. The molecule has 0 radical (unpaired) electrons. The normalized spacial score (nSPS) is 13.1. The van der Waals surface area contributed by atoms with Crippen LogP contribution in [0.3, 0.4) is 0 Å². The van der Waals surface area contributed by atoms with Gasteiger partial charge in [-0.1, -0.05) is 0 Å². The second-order valence-electron chi connectivity index (χ2n) is 3.77. The van der Waals surface area contributed by atoms with Gasteiger partial charge in [0.1, 0.15) is 0 Å². The molecular formula is C11H16N2O4S. The summed E-state index contributed by atoms with van der Waals surface area (Å²) in [6, 6.07) is 5.13. The summed E-state index contributed by atoms with van der Waals surface area (Å²) in [7, 11) is -2.34. The smallest absolute Gasteiger partial charge is 0.337 e. The van der Waals surface area contributed by atoms with Crippen molar-refractivity contribution in [3.05, 3.63) is 29.8 Å². The summed E-state index contributed by atoms with van der Waals surface area (Å²) in [5, 5.41) is 0. The molecule has 0 aliphatic rings. The van der Waals surface area contributed by atoms with Crippen molar-refractivity contribution in [3.63, 3.8) is 0 Å². The maximum absolute atomic E-state index is 11.9. The molecule has 3 N–H and O–H groups in total. The molecule has 0 spiro atoms. The van der Waals surface area contributed by atoms with Crippen molar-refractivity contribution in [1.82, 2.24) is 4.72 Å². The van der Waals surface area contributed by atoms with Crippen molar-refractivity contribution in [3.8, 4) is 0 Å². The Morgan fingerprint density at radius 3 is 2.39 bits per heavy atom. The predicted octanol–water partition coefficient (Wildman–Crippen LogP) is 0.0987. The average molecular weight is 272 g/mol. The number of nitrogens with one attached hydrogen (secondary N) is 1. The second kappa shape index (κ2) is 5.94. The van der Waals surface area contributed by atoms with E-state index in [1.54, 1.807) is 6.92 Å². The van der Waals surface area contributed by atoms with Gasteiger partial charge < -0.3 is 10.5 Å². The van der Waals surface area contributed by atoms with Crippen LogP contribution in [0, 0.1) is 0 Å². The van der Waals surface area contributed by atoms with Crippen molar-refractivity contribution >= 4 is 16.0 Å². The van der Waals surface area contributed by atoms with Gasteiger partial charge in [0.25, 0.3) is 0 Å². The number of nitrogens with two attached hydrogens (primary N) is 1. The van der Waals surface area contributed by atoms with Gasteiger partial charge in [0.2, 0.25) is 10.0 Å². The lowest BCUT2D eigenvalue weighted by Crippen LogP contribution is -2.37. The number of hydrogen-bond donors (Lipinski definition) is 2. The van der Waals surface area contributed by atoms with Gasteiger partial charge in [0.15, 0.2) is 0 Å². The number of methoxy groups -OCH3 is 1. The Bertz CT molecular complexity index is 510. The van der Waals surface area contributed by atoms with E-state index in [2.05, 4.69) is 9.46 Å². The summed E-state index contributed by atoms with van der Waals surface area (Å²) in [4.78, 5) is 11.3. The molecule has 0 unspecified atom stereocenters. The molecule has 0 saturated carbocycles. The van der Waals surface area contributed by atoms with Crippen LogP contribution in [0.15, 0.2) is 29.2 Å². The Kier molecular flexibility index (Phi) is 4.83.